The van der Waals surface area contributed by atoms with Gasteiger partial charge in [-0.05, 0) is 36.5 Å². The van der Waals surface area contributed by atoms with Crippen molar-refractivity contribution in [2.75, 3.05) is 0 Å². The fraction of sp³-hybridized carbons (Fsp3) is 0.385. The fourth-order valence-electron chi connectivity index (χ4n) is 2.46. The summed E-state index contributed by atoms with van der Waals surface area (Å²) in [5, 5.41) is 7.58. The van der Waals surface area contributed by atoms with Crippen LogP contribution in [0.2, 0.25) is 0 Å². The van der Waals surface area contributed by atoms with E-state index in [1.165, 1.54) is 37.6 Å². The summed E-state index contributed by atoms with van der Waals surface area (Å²) < 4.78 is 5.16. The van der Waals surface area contributed by atoms with Crippen LogP contribution < -0.4 is 0 Å². The van der Waals surface area contributed by atoms with E-state index in [0.717, 1.165) is 11.5 Å². The summed E-state index contributed by atoms with van der Waals surface area (Å²) in [6.45, 7) is 0. The van der Waals surface area contributed by atoms with Crippen LogP contribution in [0.15, 0.2) is 35.1 Å². The van der Waals surface area contributed by atoms with Crippen molar-refractivity contribution >= 4 is 0 Å². The van der Waals surface area contributed by atoms with Crippen LogP contribution >= 0.6 is 0 Å². The van der Waals surface area contributed by atoms with Crippen molar-refractivity contribution in [2.24, 2.45) is 0 Å². The second-order valence-corrected chi connectivity index (χ2v) is 4.35. The van der Waals surface area contributed by atoms with Crippen LogP contribution in [0.5, 0.6) is 0 Å². The minimum absolute atomic E-state index is 0.595. The van der Waals surface area contributed by atoms with Gasteiger partial charge in [0.25, 0.3) is 0 Å². The number of rotatable bonds is 2. The van der Waals surface area contributed by atoms with Gasteiger partial charge in [0.05, 0.1) is 0 Å². The third-order valence-electron chi connectivity index (χ3n) is 3.34. The Kier molecular flexibility index (Phi) is 2.44. The molecule has 1 aliphatic rings. The third-order valence-corrected chi connectivity index (χ3v) is 3.34. The first-order valence-electron chi connectivity index (χ1n) is 5.80. The van der Waals surface area contributed by atoms with Gasteiger partial charge in [0.15, 0.2) is 0 Å². The van der Waals surface area contributed by atoms with Crippen LogP contribution in [0.3, 0.4) is 0 Å². The summed E-state index contributed by atoms with van der Waals surface area (Å²) >= 11 is 0. The Morgan fingerprint density at radius 2 is 1.81 bits per heavy atom. The van der Waals surface area contributed by atoms with Gasteiger partial charge in [0.2, 0.25) is 12.3 Å². The Labute approximate surface area is 94.5 Å². The van der Waals surface area contributed by atoms with Crippen LogP contribution in [-0.2, 0) is 0 Å². The number of benzene rings is 1. The average Bonchev–Trinajstić information content (AvgIpc) is 3.03. The quantitative estimate of drug-likeness (QED) is 0.769. The highest BCUT2D eigenvalue weighted by molar-refractivity contribution is 5.53. The first kappa shape index (κ1) is 9.58. The number of nitrogens with zero attached hydrogens (tertiary/aromatic N) is 2. The summed E-state index contributed by atoms with van der Waals surface area (Å²) in [4.78, 5) is 0. The first-order valence-corrected chi connectivity index (χ1v) is 5.80. The van der Waals surface area contributed by atoms with Gasteiger partial charge in [-0.2, -0.15) is 0 Å². The predicted molar refractivity (Wildman–Crippen MR) is 60.9 cm³/mol. The Morgan fingerprint density at radius 1 is 1.06 bits per heavy atom. The van der Waals surface area contributed by atoms with Gasteiger partial charge in [-0.1, -0.05) is 25.0 Å². The Bertz CT molecular complexity index is 441. The van der Waals surface area contributed by atoms with E-state index >= 15 is 0 Å². The Balaban J connectivity index is 1.84. The lowest BCUT2D eigenvalue weighted by molar-refractivity contribution is 0.568. The lowest BCUT2D eigenvalue weighted by Crippen LogP contribution is -1.91. The molecule has 0 spiro atoms. The van der Waals surface area contributed by atoms with Crippen molar-refractivity contribution in [3.05, 3.63) is 36.2 Å². The zero-order chi connectivity index (χ0) is 10.8. The van der Waals surface area contributed by atoms with Gasteiger partial charge < -0.3 is 4.42 Å². The molecule has 3 nitrogen and oxygen atoms in total. The van der Waals surface area contributed by atoms with E-state index < -0.39 is 0 Å². The van der Waals surface area contributed by atoms with Crippen LogP contribution in [0, 0.1) is 0 Å². The summed E-state index contributed by atoms with van der Waals surface area (Å²) in [5.74, 6) is 1.36. The first-order chi connectivity index (χ1) is 7.93. The smallest absolute Gasteiger partial charge is 0.247 e. The van der Waals surface area contributed by atoms with Crippen LogP contribution in [0.4, 0.5) is 0 Å². The lowest BCUT2D eigenvalue weighted by Gasteiger charge is -2.08. The minimum atomic E-state index is 0.595. The zero-order valence-corrected chi connectivity index (χ0v) is 9.10. The van der Waals surface area contributed by atoms with Crippen molar-refractivity contribution in [1.82, 2.24) is 10.2 Å². The Morgan fingerprint density at radius 3 is 2.44 bits per heavy atom. The Hall–Kier alpha value is -1.64. The molecule has 0 amide bonds. The van der Waals surface area contributed by atoms with Crippen molar-refractivity contribution in [2.45, 2.75) is 31.6 Å². The molecule has 3 rings (SSSR count). The molecule has 0 radical (unpaired) electrons. The van der Waals surface area contributed by atoms with Gasteiger partial charge >= 0.3 is 0 Å². The minimum Gasteiger partial charge on any atom is -0.423 e. The van der Waals surface area contributed by atoms with Gasteiger partial charge in [0.1, 0.15) is 0 Å². The van der Waals surface area contributed by atoms with Crippen LogP contribution in [-0.4, -0.2) is 10.2 Å². The molecule has 0 N–H and O–H groups in total. The molecular formula is C13H14N2O. The predicted octanol–water partition coefficient (Wildman–Crippen LogP) is 3.39. The van der Waals surface area contributed by atoms with Gasteiger partial charge in [-0.25, -0.2) is 0 Å². The summed E-state index contributed by atoms with van der Waals surface area (Å²) in [6.07, 6.45) is 6.77. The maximum absolute atomic E-state index is 5.16. The molecule has 0 aliphatic heterocycles. The largest absolute Gasteiger partial charge is 0.423 e. The van der Waals surface area contributed by atoms with Crippen LogP contribution in [0.25, 0.3) is 11.5 Å². The molecule has 82 valence electrons. The molecule has 1 saturated carbocycles. The van der Waals surface area contributed by atoms with E-state index in [4.69, 9.17) is 4.42 Å². The highest BCUT2D eigenvalue weighted by atomic mass is 16.4. The topological polar surface area (TPSA) is 38.9 Å². The number of hydrogen-bond donors (Lipinski definition) is 0. The average molecular weight is 214 g/mol. The van der Waals surface area contributed by atoms with Crippen molar-refractivity contribution < 1.29 is 4.42 Å². The molecule has 16 heavy (non-hydrogen) atoms. The van der Waals surface area contributed by atoms with E-state index in [-0.39, 0.29) is 0 Å². The van der Waals surface area contributed by atoms with E-state index in [1.807, 2.05) is 0 Å². The van der Waals surface area contributed by atoms with Crippen molar-refractivity contribution in [3.8, 4) is 11.5 Å². The second-order valence-electron chi connectivity index (χ2n) is 4.35. The highest BCUT2D eigenvalue weighted by Gasteiger charge is 2.16. The summed E-state index contributed by atoms with van der Waals surface area (Å²) in [6, 6.07) is 8.52. The summed E-state index contributed by atoms with van der Waals surface area (Å²) in [5.41, 5.74) is 2.44. The SMILES string of the molecule is c1nnc(-c2ccc(C3CCCC3)cc2)o1. The maximum Gasteiger partial charge on any atom is 0.247 e. The second kappa shape index (κ2) is 4.08. The van der Waals surface area contributed by atoms with Gasteiger partial charge in [0, 0.05) is 5.56 Å². The molecule has 1 fully saturated rings. The molecule has 0 saturated heterocycles. The molecule has 1 aliphatic carbocycles. The molecule has 1 aromatic carbocycles. The monoisotopic (exact) mass is 214 g/mol. The van der Waals surface area contributed by atoms with E-state index in [0.29, 0.717) is 5.89 Å². The molecule has 0 unspecified atom stereocenters. The van der Waals surface area contributed by atoms with Gasteiger partial charge in [-0.3, -0.25) is 0 Å². The van der Waals surface area contributed by atoms with Gasteiger partial charge in [-0.15, -0.1) is 10.2 Å². The zero-order valence-electron chi connectivity index (χ0n) is 9.10. The molecule has 0 atom stereocenters. The summed E-state index contributed by atoms with van der Waals surface area (Å²) in [7, 11) is 0. The molecule has 2 aromatic rings. The maximum atomic E-state index is 5.16. The molecule has 1 heterocycles. The molecule has 0 bridgehead atoms. The number of hydrogen-bond acceptors (Lipinski definition) is 3. The van der Waals surface area contributed by atoms with E-state index in [1.54, 1.807) is 0 Å². The molecular weight excluding hydrogens is 200 g/mol. The lowest BCUT2D eigenvalue weighted by atomic mass is 9.97. The van der Waals surface area contributed by atoms with E-state index in [2.05, 4.69) is 34.5 Å². The normalized spacial score (nSPS) is 16.8. The fourth-order valence-corrected chi connectivity index (χ4v) is 2.46. The van der Waals surface area contributed by atoms with Crippen molar-refractivity contribution in [1.29, 1.82) is 0 Å². The molecule has 1 aromatic heterocycles. The highest BCUT2D eigenvalue weighted by Crippen LogP contribution is 2.34. The standard InChI is InChI=1S/C13H14N2O/c1-2-4-10(3-1)11-5-7-12(8-6-11)13-15-14-9-16-13/h5-10H,1-4H2. The third kappa shape index (κ3) is 1.73. The van der Waals surface area contributed by atoms with Crippen LogP contribution in [0.1, 0.15) is 37.2 Å². The molecule has 3 heteroatoms. The number of aromatic nitrogens is 2. The van der Waals surface area contributed by atoms with Crippen molar-refractivity contribution in [3.63, 3.8) is 0 Å². The van der Waals surface area contributed by atoms with E-state index in [9.17, 15) is 0 Å².